The van der Waals surface area contributed by atoms with Gasteiger partial charge in [-0.1, -0.05) is 12.8 Å². The van der Waals surface area contributed by atoms with Gasteiger partial charge in [0, 0.05) is 30.8 Å². The number of nitrogens with zero attached hydrogens (tertiary/aromatic N) is 1. The van der Waals surface area contributed by atoms with Gasteiger partial charge in [-0.05, 0) is 13.3 Å². The molecular weight excluding hydrogens is 188 g/mol. The van der Waals surface area contributed by atoms with Crippen molar-refractivity contribution in [2.75, 3.05) is 6.54 Å². The second-order valence-corrected chi connectivity index (χ2v) is 4.71. The highest BCUT2D eigenvalue weighted by Gasteiger charge is 2.48. The number of terminal acetylenes is 1. The van der Waals surface area contributed by atoms with Crippen LogP contribution in [0.5, 0.6) is 0 Å². The summed E-state index contributed by atoms with van der Waals surface area (Å²) in [5.74, 6) is 2.52. The van der Waals surface area contributed by atoms with Gasteiger partial charge in [-0.3, -0.25) is 0 Å². The molecule has 1 rings (SSSR count). The van der Waals surface area contributed by atoms with E-state index >= 15 is 0 Å². The van der Waals surface area contributed by atoms with Crippen molar-refractivity contribution in [2.24, 2.45) is 5.41 Å². The molecule has 0 amide bonds. The van der Waals surface area contributed by atoms with E-state index in [1.807, 2.05) is 13.8 Å². The van der Waals surface area contributed by atoms with E-state index in [1.165, 1.54) is 0 Å². The van der Waals surface area contributed by atoms with E-state index in [2.05, 4.69) is 17.3 Å². The highest BCUT2D eigenvalue weighted by molar-refractivity contribution is 5.19. The summed E-state index contributed by atoms with van der Waals surface area (Å²) in [6, 6.07) is 2.33. The minimum atomic E-state index is -1.09. The topological polar surface area (TPSA) is 56.0 Å². The molecule has 1 heterocycles. The molecule has 15 heavy (non-hydrogen) atoms. The molecule has 0 aromatic heterocycles. The third kappa shape index (κ3) is 2.15. The monoisotopic (exact) mass is 206 g/mol. The molecule has 1 saturated heterocycles. The zero-order chi connectivity index (χ0) is 11.5. The van der Waals surface area contributed by atoms with Crippen molar-refractivity contribution < 1.29 is 5.11 Å². The molecule has 0 aliphatic carbocycles. The summed E-state index contributed by atoms with van der Waals surface area (Å²) >= 11 is 0. The quantitative estimate of drug-likeness (QED) is 0.664. The van der Waals surface area contributed by atoms with Gasteiger partial charge in [0.15, 0.2) is 0 Å². The number of aliphatic hydroxyl groups is 1. The summed E-state index contributed by atoms with van der Waals surface area (Å²) < 4.78 is 0. The highest BCUT2D eigenvalue weighted by Crippen LogP contribution is 2.41. The van der Waals surface area contributed by atoms with Gasteiger partial charge in [-0.25, -0.2) is 0 Å². The molecule has 0 spiro atoms. The van der Waals surface area contributed by atoms with Crippen LogP contribution in [0.4, 0.5) is 0 Å². The second kappa shape index (κ2) is 4.23. The number of rotatable bonds is 2. The first-order chi connectivity index (χ1) is 6.97. The Labute approximate surface area is 91.5 Å². The molecule has 2 N–H and O–H groups in total. The Bertz CT molecular complexity index is 315. The van der Waals surface area contributed by atoms with Gasteiger partial charge in [-0.15, -0.1) is 6.42 Å². The summed E-state index contributed by atoms with van der Waals surface area (Å²) in [7, 11) is 0. The maximum atomic E-state index is 10.4. The van der Waals surface area contributed by atoms with Crippen molar-refractivity contribution in [3.8, 4) is 18.4 Å². The lowest BCUT2D eigenvalue weighted by Crippen LogP contribution is -2.59. The number of nitrogens with one attached hydrogen (secondary N) is 1. The third-order valence-corrected chi connectivity index (χ3v) is 3.47. The lowest BCUT2D eigenvalue weighted by molar-refractivity contribution is -0.0640. The first-order valence-electron chi connectivity index (χ1n) is 5.28. The summed E-state index contributed by atoms with van der Waals surface area (Å²) in [6.07, 6.45) is 7.04. The summed E-state index contributed by atoms with van der Waals surface area (Å²) in [4.78, 5) is 0. The molecule has 0 saturated carbocycles. The van der Waals surface area contributed by atoms with Crippen molar-refractivity contribution in [2.45, 2.75) is 44.8 Å². The van der Waals surface area contributed by atoms with Crippen LogP contribution >= 0.6 is 0 Å². The molecule has 3 atom stereocenters. The number of hydrogen-bond acceptors (Lipinski definition) is 3. The number of hydrogen-bond donors (Lipinski definition) is 2. The van der Waals surface area contributed by atoms with E-state index in [-0.39, 0.29) is 6.04 Å². The zero-order valence-corrected chi connectivity index (χ0v) is 9.38. The first-order valence-corrected chi connectivity index (χ1v) is 5.28. The fourth-order valence-corrected chi connectivity index (χ4v) is 2.17. The molecule has 0 aromatic carbocycles. The SMILES string of the molecule is C#C[C@@]1(O)C[C@H](C)NC[C@]1(C)CCC#N. The van der Waals surface area contributed by atoms with Crippen molar-refractivity contribution in [1.82, 2.24) is 5.32 Å². The lowest BCUT2D eigenvalue weighted by Gasteiger charge is -2.47. The molecule has 3 heteroatoms. The zero-order valence-electron chi connectivity index (χ0n) is 9.38. The Morgan fingerprint density at radius 2 is 2.33 bits per heavy atom. The van der Waals surface area contributed by atoms with Gasteiger partial charge in [0.05, 0.1) is 6.07 Å². The Hall–Kier alpha value is -1.03. The van der Waals surface area contributed by atoms with Crippen LogP contribution in [0.2, 0.25) is 0 Å². The van der Waals surface area contributed by atoms with E-state index in [4.69, 9.17) is 11.7 Å². The van der Waals surface area contributed by atoms with Crippen molar-refractivity contribution in [1.29, 1.82) is 5.26 Å². The van der Waals surface area contributed by atoms with E-state index in [9.17, 15) is 5.11 Å². The maximum absolute atomic E-state index is 10.4. The second-order valence-electron chi connectivity index (χ2n) is 4.71. The molecular formula is C12H18N2O. The smallest absolute Gasteiger partial charge is 0.133 e. The van der Waals surface area contributed by atoms with Crippen LogP contribution in [0.25, 0.3) is 0 Å². The minimum Gasteiger partial charge on any atom is -0.377 e. The maximum Gasteiger partial charge on any atom is 0.133 e. The largest absolute Gasteiger partial charge is 0.377 e. The van der Waals surface area contributed by atoms with Crippen LogP contribution in [0.15, 0.2) is 0 Å². The first kappa shape index (κ1) is 12.0. The van der Waals surface area contributed by atoms with Crippen LogP contribution in [-0.4, -0.2) is 23.3 Å². The normalized spacial score (nSPS) is 40.5. The predicted octanol–water partition coefficient (Wildman–Crippen LogP) is 1.04. The molecule has 0 unspecified atom stereocenters. The van der Waals surface area contributed by atoms with Crippen LogP contribution < -0.4 is 5.32 Å². The van der Waals surface area contributed by atoms with Crippen molar-refractivity contribution in [3.05, 3.63) is 0 Å². The molecule has 1 fully saturated rings. The van der Waals surface area contributed by atoms with Gasteiger partial charge < -0.3 is 10.4 Å². The van der Waals surface area contributed by atoms with E-state index in [1.54, 1.807) is 0 Å². The van der Waals surface area contributed by atoms with Gasteiger partial charge >= 0.3 is 0 Å². The molecule has 82 valence electrons. The average molecular weight is 206 g/mol. The van der Waals surface area contributed by atoms with Gasteiger partial charge in [0.1, 0.15) is 5.60 Å². The minimum absolute atomic E-state index is 0.223. The highest BCUT2D eigenvalue weighted by atomic mass is 16.3. The van der Waals surface area contributed by atoms with Crippen LogP contribution in [0.1, 0.15) is 33.1 Å². The number of piperidine rings is 1. The van der Waals surface area contributed by atoms with E-state index < -0.39 is 11.0 Å². The van der Waals surface area contributed by atoms with E-state index in [0.29, 0.717) is 25.8 Å². The fourth-order valence-electron chi connectivity index (χ4n) is 2.17. The van der Waals surface area contributed by atoms with Gasteiger partial charge in [-0.2, -0.15) is 5.26 Å². The van der Waals surface area contributed by atoms with Crippen LogP contribution in [-0.2, 0) is 0 Å². The molecule has 0 aromatic rings. The summed E-state index contributed by atoms with van der Waals surface area (Å²) in [6.45, 7) is 4.62. The lowest BCUT2D eigenvalue weighted by atomic mass is 9.65. The van der Waals surface area contributed by atoms with Gasteiger partial charge in [0.2, 0.25) is 0 Å². The Morgan fingerprint density at radius 1 is 1.67 bits per heavy atom. The summed E-state index contributed by atoms with van der Waals surface area (Å²) in [5, 5.41) is 22.3. The van der Waals surface area contributed by atoms with Gasteiger partial charge in [0.25, 0.3) is 0 Å². The Morgan fingerprint density at radius 3 is 2.87 bits per heavy atom. The molecule has 0 bridgehead atoms. The number of nitriles is 1. The molecule has 3 nitrogen and oxygen atoms in total. The van der Waals surface area contributed by atoms with Crippen LogP contribution in [0.3, 0.4) is 0 Å². The fraction of sp³-hybridized carbons (Fsp3) is 0.750. The molecule has 0 radical (unpaired) electrons. The van der Waals surface area contributed by atoms with E-state index in [0.717, 1.165) is 0 Å². The third-order valence-electron chi connectivity index (χ3n) is 3.47. The predicted molar refractivity (Wildman–Crippen MR) is 58.8 cm³/mol. The molecule has 1 aliphatic rings. The van der Waals surface area contributed by atoms with Crippen molar-refractivity contribution >= 4 is 0 Å². The molecule has 1 aliphatic heterocycles. The Balaban J connectivity index is 2.87. The van der Waals surface area contributed by atoms with Crippen molar-refractivity contribution in [3.63, 3.8) is 0 Å². The van der Waals surface area contributed by atoms with Crippen LogP contribution in [0, 0.1) is 29.1 Å². The Kier molecular flexibility index (Phi) is 3.39. The summed E-state index contributed by atoms with van der Waals surface area (Å²) in [5.41, 5.74) is -1.49. The standard InChI is InChI=1S/C12H18N2O/c1-4-12(15)8-10(2)14-9-11(12,3)6-5-7-13/h1,10,14-15H,5-6,8-9H2,2-3H3/t10-,11-,12+/m0/s1. The average Bonchev–Trinajstić information content (AvgIpc) is 2.22.